The summed E-state index contributed by atoms with van der Waals surface area (Å²) in [6.07, 6.45) is -5.08. The van der Waals surface area contributed by atoms with Crippen molar-refractivity contribution in [3.8, 4) is 11.8 Å². The molecule has 0 atom stereocenters. The summed E-state index contributed by atoms with van der Waals surface area (Å²) in [6, 6.07) is 4.52. The number of halogens is 3. The highest BCUT2D eigenvalue weighted by molar-refractivity contribution is 5.75. The topological polar surface area (TPSA) is 59.3 Å². The number of esters is 1. The summed E-state index contributed by atoms with van der Waals surface area (Å²) in [5.41, 5.74) is 0.123. The molecule has 0 amide bonds. The standard InChI is InChI=1S/C14H14F3NO3/c1-3-9-5-6-10(8-18)11(7-12(19)20-4-2)13(9)21-14(15,16)17/h5-6H,3-4,7H2,1-2H3. The average Bonchev–Trinajstić information content (AvgIpc) is 2.39. The number of carbonyl (C=O) groups excluding carboxylic acids is 1. The molecule has 0 radical (unpaired) electrons. The number of nitrogens with zero attached hydrogens (tertiary/aromatic N) is 1. The van der Waals surface area contributed by atoms with E-state index in [-0.39, 0.29) is 29.7 Å². The van der Waals surface area contributed by atoms with E-state index in [9.17, 15) is 18.0 Å². The van der Waals surface area contributed by atoms with E-state index in [2.05, 4.69) is 4.74 Å². The minimum absolute atomic E-state index is 0.0421. The molecule has 0 heterocycles. The Balaban J connectivity index is 3.34. The van der Waals surface area contributed by atoms with Gasteiger partial charge in [-0.15, -0.1) is 13.2 Å². The molecule has 0 aliphatic heterocycles. The van der Waals surface area contributed by atoms with Crippen molar-refractivity contribution in [3.05, 3.63) is 28.8 Å². The highest BCUT2D eigenvalue weighted by atomic mass is 19.4. The highest BCUT2D eigenvalue weighted by Gasteiger charge is 2.34. The van der Waals surface area contributed by atoms with Crippen molar-refractivity contribution in [1.82, 2.24) is 0 Å². The number of aryl methyl sites for hydroxylation is 1. The third-order valence-electron chi connectivity index (χ3n) is 2.69. The lowest BCUT2D eigenvalue weighted by molar-refractivity contribution is -0.275. The van der Waals surface area contributed by atoms with E-state index in [1.807, 2.05) is 0 Å². The molecule has 0 spiro atoms. The molecule has 0 saturated heterocycles. The summed E-state index contributed by atoms with van der Waals surface area (Å²) in [5, 5.41) is 9.01. The van der Waals surface area contributed by atoms with Crippen LogP contribution in [0.25, 0.3) is 0 Å². The lowest BCUT2D eigenvalue weighted by Gasteiger charge is -2.17. The SMILES string of the molecule is CCOC(=O)Cc1c(C#N)ccc(CC)c1OC(F)(F)F. The van der Waals surface area contributed by atoms with Crippen molar-refractivity contribution in [1.29, 1.82) is 5.26 Å². The van der Waals surface area contributed by atoms with Crippen LogP contribution in [0.5, 0.6) is 5.75 Å². The maximum absolute atomic E-state index is 12.5. The Hall–Kier alpha value is -2.23. The van der Waals surface area contributed by atoms with Crippen LogP contribution in [0.1, 0.15) is 30.5 Å². The first kappa shape index (κ1) is 16.8. The first-order valence-electron chi connectivity index (χ1n) is 6.28. The van der Waals surface area contributed by atoms with Gasteiger partial charge in [0.05, 0.1) is 24.7 Å². The second-order valence-corrected chi connectivity index (χ2v) is 4.07. The molecule has 0 bridgehead atoms. The molecule has 0 N–H and O–H groups in total. The van der Waals surface area contributed by atoms with Gasteiger partial charge in [0.15, 0.2) is 0 Å². The monoisotopic (exact) mass is 301 g/mol. The van der Waals surface area contributed by atoms with E-state index >= 15 is 0 Å². The summed E-state index contributed by atoms with van der Waals surface area (Å²) in [6.45, 7) is 3.33. The third-order valence-corrected chi connectivity index (χ3v) is 2.69. The van der Waals surface area contributed by atoms with E-state index < -0.39 is 24.5 Å². The Morgan fingerprint density at radius 1 is 1.33 bits per heavy atom. The predicted octanol–water partition coefficient (Wildman–Crippen LogP) is 3.12. The maximum atomic E-state index is 12.5. The normalized spacial score (nSPS) is 10.9. The fraction of sp³-hybridized carbons (Fsp3) is 0.429. The van der Waals surface area contributed by atoms with Crippen molar-refractivity contribution in [2.24, 2.45) is 0 Å². The smallest absolute Gasteiger partial charge is 0.466 e. The summed E-state index contributed by atoms with van der Waals surface area (Å²) < 4.78 is 46.3. The molecule has 21 heavy (non-hydrogen) atoms. The van der Waals surface area contributed by atoms with Crippen molar-refractivity contribution in [2.45, 2.75) is 33.1 Å². The van der Waals surface area contributed by atoms with Gasteiger partial charge in [0.25, 0.3) is 0 Å². The fourth-order valence-corrected chi connectivity index (χ4v) is 1.83. The van der Waals surface area contributed by atoms with Crippen LogP contribution in [-0.4, -0.2) is 18.9 Å². The second-order valence-electron chi connectivity index (χ2n) is 4.07. The van der Waals surface area contributed by atoms with Gasteiger partial charge in [0.2, 0.25) is 0 Å². The van der Waals surface area contributed by atoms with Crippen molar-refractivity contribution in [3.63, 3.8) is 0 Å². The minimum atomic E-state index is -4.90. The Morgan fingerprint density at radius 2 is 2.00 bits per heavy atom. The van der Waals surface area contributed by atoms with Crippen LogP contribution in [0.2, 0.25) is 0 Å². The van der Waals surface area contributed by atoms with Gasteiger partial charge >= 0.3 is 12.3 Å². The Morgan fingerprint density at radius 3 is 2.48 bits per heavy atom. The zero-order valence-electron chi connectivity index (χ0n) is 11.6. The van der Waals surface area contributed by atoms with Gasteiger partial charge in [-0.3, -0.25) is 4.79 Å². The fourth-order valence-electron chi connectivity index (χ4n) is 1.83. The molecule has 114 valence electrons. The number of nitriles is 1. The zero-order valence-corrected chi connectivity index (χ0v) is 11.6. The Bertz CT molecular complexity index is 562. The van der Waals surface area contributed by atoms with Gasteiger partial charge in [0, 0.05) is 5.56 Å². The van der Waals surface area contributed by atoms with Crippen LogP contribution in [-0.2, 0) is 22.4 Å². The molecule has 0 aliphatic carbocycles. The molecule has 7 heteroatoms. The summed E-state index contributed by atoms with van der Waals surface area (Å²) in [5.74, 6) is -1.20. The highest BCUT2D eigenvalue weighted by Crippen LogP contribution is 2.33. The number of carbonyl (C=O) groups is 1. The first-order chi connectivity index (χ1) is 9.82. The molecule has 1 aromatic rings. The lowest BCUT2D eigenvalue weighted by Crippen LogP contribution is -2.21. The van der Waals surface area contributed by atoms with Gasteiger partial charge in [0.1, 0.15) is 5.75 Å². The molecule has 0 unspecified atom stereocenters. The Kier molecular flexibility index (Phi) is 5.59. The van der Waals surface area contributed by atoms with Gasteiger partial charge in [-0.2, -0.15) is 5.26 Å². The van der Waals surface area contributed by atoms with E-state index in [1.54, 1.807) is 19.9 Å². The van der Waals surface area contributed by atoms with E-state index in [0.29, 0.717) is 0 Å². The van der Waals surface area contributed by atoms with Gasteiger partial charge < -0.3 is 9.47 Å². The first-order valence-corrected chi connectivity index (χ1v) is 6.28. The summed E-state index contributed by atoms with van der Waals surface area (Å²) in [4.78, 5) is 11.5. The molecule has 1 rings (SSSR count). The molecule has 0 aromatic heterocycles. The third kappa shape index (κ3) is 4.67. The van der Waals surface area contributed by atoms with E-state index in [1.165, 1.54) is 12.1 Å². The minimum Gasteiger partial charge on any atom is -0.466 e. The lowest BCUT2D eigenvalue weighted by atomic mass is 9.99. The average molecular weight is 301 g/mol. The number of benzene rings is 1. The molecular weight excluding hydrogens is 287 g/mol. The van der Waals surface area contributed by atoms with Crippen LogP contribution in [0.3, 0.4) is 0 Å². The Labute approximate surface area is 120 Å². The molecular formula is C14H14F3NO3. The number of alkyl halides is 3. The number of hydrogen-bond acceptors (Lipinski definition) is 4. The summed E-state index contributed by atoms with van der Waals surface area (Å²) >= 11 is 0. The van der Waals surface area contributed by atoms with Crippen LogP contribution in [0, 0.1) is 11.3 Å². The molecule has 0 aliphatic rings. The van der Waals surface area contributed by atoms with Gasteiger partial charge in [-0.1, -0.05) is 13.0 Å². The molecule has 0 saturated carbocycles. The van der Waals surface area contributed by atoms with E-state index in [4.69, 9.17) is 10.00 Å². The van der Waals surface area contributed by atoms with Crippen LogP contribution in [0.15, 0.2) is 12.1 Å². The van der Waals surface area contributed by atoms with Crippen molar-refractivity contribution < 1.29 is 27.4 Å². The number of hydrogen-bond donors (Lipinski definition) is 0. The summed E-state index contributed by atoms with van der Waals surface area (Å²) in [7, 11) is 0. The van der Waals surface area contributed by atoms with Gasteiger partial charge in [-0.25, -0.2) is 0 Å². The number of ether oxygens (including phenoxy) is 2. The van der Waals surface area contributed by atoms with Crippen molar-refractivity contribution >= 4 is 5.97 Å². The van der Waals surface area contributed by atoms with Crippen LogP contribution >= 0.6 is 0 Å². The van der Waals surface area contributed by atoms with E-state index in [0.717, 1.165) is 0 Å². The van der Waals surface area contributed by atoms with Crippen LogP contribution in [0.4, 0.5) is 13.2 Å². The van der Waals surface area contributed by atoms with Crippen LogP contribution < -0.4 is 4.74 Å². The van der Waals surface area contributed by atoms with Gasteiger partial charge in [-0.05, 0) is 25.0 Å². The quantitative estimate of drug-likeness (QED) is 0.784. The molecule has 4 nitrogen and oxygen atoms in total. The van der Waals surface area contributed by atoms with Crippen molar-refractivity contribution in [2.75, 3.05) is 6.61 Å². The maximum Gasteiger partial charge on any atom is 0.573 e. The molecule has 0 fully saturated rings. The predicted molar refractivity (Wildman–Crippen MR) is 67.6 cm³/mol. The second kappa shape index (κ2) is 6.97. The largest absolute Gasteiger partial charge is 0.573 e. The molecule has 1 aromatic carbocycles. The zero-order chi connectivity index (χ0) is 16.0. The number of rotatable bonds is 5.